The van der Waals surface area contributed by atoms with Crippen LogP contribution in [0.25, 0.3) is 11.6 Å². The Balaban J connectivity index is 2.47. The van der Waals surface area contributed by atoms with Gasteiger partial charge in [-0.05, 0) is 28.5 Å². The average molecular weight is 272 g/mol. The molecule has 2 heterocycles. The van der Waals surface area contributed by atoms with Crippen molar-refractivity contribution >= 4 is 34.9 Å². The minimum atomic E-state index is 0.0974. The van der Waals surface area contributed by atoms with Gasteiger partial charge < -0.3 is 10.6 Å². The van der Waals surface area contributed by atoms with Crippen molar-refractivity contribution in [3.63, 3.8) is 0 Å². The van der Waals surface area contributed by atoms with Crippen molar-refractivity contribution in [2.75, 3.05) is 24.7 Å². The average Bonchev–Trinajstić information content (AvgIpc) is 2.88. The molecule has 2 rings (SSSR count). The smallest absolute Gasteiger partial charge is 0.230 e. The van der Waals surface area contributed by atoms with Crippen molar-refractivity contribution < 1.29 is 0 Å². The lowest BCUT2D eigenvalue weighted by atomic mass is 10.2. The molecule has 0 fully saturated rings. The summed E-state index contributed by atoms with van der Waals surface area (Å²) in [4.78, 5) is 13.9. The van der Waals surface area contributed by atoms with Crippen LogP contribution < -0.4 is 10.6 Å². The maximum Gasteiger partial charge on any atom is 0.230 e. The summed E-state index contributed by atoms with van der Waals surface area (Å²) < 4.78 is 0. The summed E-state index contributed by atoms with van der Waals surface area (Å²) in [5.41, 5.74) is 6.93. The third kappa shape index (κ3) is 3.05. The van der Waals surface area contributed by atoms with Crippen LogP contribution in [0.4, 0.5) is 11.9 Å². The van der Waals surface area contributed by atoms with Gasteiger partial charge >= 0.3 is 0 Å². The van der Waals surface area contributed by atoms with Crippen LogP contribution in [0, 0.1) is 11.3 Å². The van der Waals surface area contributed by atoms with Crippen LogP contribution in [-0.4, -0.2) is 29.0 Å². The minimum Gasteiger partial charge on any atom is -0.368 e. The Kier molecular flexibility index (Phi) is 3.73. The first-order valence-electron chi connectivity index (χ1n) is 5.43. The van der Waals surface area contributed by atoms with Gasteiger partial charge in [0.1, 0.15) is 6.07 Å². The highest BCUT2D eigenvalue weighted by molar-refractivity contribution is 7.08. The Morgan fingerprint density at radius 2 is 2.21 bits per heavy atom. The van der Waals surface area contributed by atoms with Crippen LogP contribution in [-0.2, 0) is 0 Å². The molecule has 0 radical (unpaired) electrons. The third-order valence-electron chi connectivity index (χ3n) is 2.26. The summed E-state index contributed by atoms with van der Waals surface area (Å²) in [6, 6.07) is 4.00. The molecular weight excluding hydrogens is 260 g/mol. The van der Waals surface area contributed by atoms with E-state index in [2.05, 4.69) is 21.0 Å². The van der Waals surface area contributed by atoms with Gasteiger partial charge in [-0.15, -0.1) is 0 Å². The van der Waals surface area contributed by atoms with E-state index in [4.69, 9.17) is 5.73 Å². The number of nitrogen functional groups attached to an aromatic ring is 1. The Bertz CT molecular complexity index is 639. The van der Waals surface area contributed by atoms with Gasteiger partial charge in [0.15, 0.2) is 5.82 Å². The van der Waals surface area contributed by atoms with Crippen molar-refractivity contribution in [1.29, 1.82) is 5.26 Å². The fourth-order valence-electron chi connectivity index (χ4n) is 1.37. The van der Waals surface area contributed by atoms with E-state index in [0.29, 0.717) is 11.5 Å². The van der Waals surface area contributed by atoms with E-state index in [9.17, 15) is 5.26 Å². The summed E-state index contributed by atoms with van der Waals surface area (Å²) >= 11 is 1.56. The van der Waals surface area contributed by atoms with Gasteiger partial charge in [-0.1, -0.05) is 0 Å². The first kappa shape index (κ1) is 13.0. The van der Waals surface area contributed by atoms with Gasteiger partial charge in [-0.25, -0.2) is 0 Å². The van der Waals surface area contributed by atoms with Crippen molar-refractivity contribution in [3.8, 4) is 6.07 Å². The Labute approximate surface area is 114 Å². The Hall–Kier alpha value is -2.46. The molecule has 0 aliphatic rings. The molecule has 0 spiro atoms. The molecule has 0 saturated carbocycles. The van der Waals surface area contributed by atoms with Crippen LogP contribution in [0.3, 0.4) is 0 Å². The zero-order valence-corrected chi connectivity index (χ0v) is 11.3. The van der Waals surface area contributed by atoms with E-state index in [1.807, 2.05) is 16.8 Å². The molecule has 7 heteroatoms. The first-order chi connectivity index (χ1) is 9.10. The fraction of sp³-hybridized carbons (Fsp3) is 0.167. The van der Waals surface area contributed by atoms with Gasteiger partial charge in [0.2, 0.25) is 11.9 Å². The lowest BCUT2D eigenvalue weighted by Crippen LogP contribution is -2.15. The van der Waals surface area contributed by atoms with E-state index in [-0.39, 0.29) is 11.8 Å². The molecule has 19 heavy (non-hydrogen) atoms. The summed E-state index contributed by atoms with van der Waals surface area (Å²) in [7, 11) is 3.60. The zero-order chi connectivity index (χ0) is 13.8. The Morgan fingerprint density at radius 3 is 2.79 bits per heavy atom. The number of aromatic nitrogens is 3. The van der Waals surface area contributed by atoms with Crippen molar-refractivity contribution in [1.82, 2.24) is 15.0 Å². The molecule has 0 amide bonds. The maximum atomic E-state index is 9.23. The van der Waals surface area contributed by atoms with Gasteiger partial charge in [0.25, 0.3) is 0 Å². The molecule has 2 aromatic rings. The second-order valence-electron chi connectivity index (χ2n) is 3.94. The molecular formula is C12H12N6S. The van der Waals surface area contributed by atoms with Crippen molar-refractivity contribution in [2.24, 2.45) is 0 Å². The van der Waals surface area contributed by atoms with Gasteiger partial charge in [-0.3, -0.25) is 0 Å². The number of hydrogen-bond donors (Lipinski definition) is 1. The van der Waals surface area contributed by atoms with Crippen molar-refractivity contribution in [2.45, 2.75) is 0 Å². The van der Waals surface area contributed by atoms with Crippen LogP contribution in [0.5, 0.6) is 0 Å². The highest BCUT2D eigenvalue weighted by Crippen LogP contribution is 2.18. The second-order valence-corrected chi connectivity index (χ2v) is 4.72. The standard InChI is InChI=1S/C12H12N6S/c1-18(2)12-16-10(15-11(14)17-12)9(6-13)5-8-3-4-19-7-8/h3-5,7H,1-2H3,(H2,14,15,16,17). The molecule has 0 saturated heterocycles. The molecule has 2 aromatic heterocycles. The summed E-state index contributed by atoms with van der Waals surface area (Å²) in [5, 5.41) is 13.1. The largest absolute Gasteiger partial charge is 0.368 e. The molecule has 0 aliphatic heterocycles. The van der Waals surface area contributed by atoms with Gasteiger partial charge in [0, 0.05) is 14.1 Å². The van der Waals surface area contributed by atoms with E-state index >= 15 is 0 Å². The first-order valence-corrected chi connectivity index (χ1v) is 6.37. The zero-order valence-electron chi connectivity index (χ0n) is 10.5. The summed E-state index contributed by atoms with van der Waals surface area (Å²) in [5.74, 6) is 0.805. The van der Waals surface area contributed by atoms with Crippen LogP contribution in [0.1, 0.15) is 11.4 Å². The number of rotatable bonds is 3. The number of anilines is 2. The normalized spacial score (nSPS) is 11.1. The van der Waals surface area contributed by atoms with Gasteiger partial charge in [0.05, 0.1) is 5.57 Å². The second kappa shape index (κ2) is 5.46. The number of hydrogen-bond acceptors (Lipinski definition) is 7. The predicted octanol–water partition coefficient (Wildman–Crippen LogP) is 1.65. The van der Waals surface area contributed by atoms with E-state index in [1.165, 1.54) is 0 Å². The number of nitrogens with zero attached hydrogens (tertiary/aromatic N) is 5. The van der Waals surface area contributed by atoms with Gasteiger partial charge in [-0.2, -0.15) is 31.6 Å². The Morgan fingerprint density at radius 1 is 1.42 bits per heavy atom. The molecule has 0 aromatic carbocycles. The topological polar surface area (TPSA) is 91.7 Å². The predicted molar refractivity (Wildman–Crippen MR) is 76.4 cm³/mol. The van der Waals surface area contributed by atoms with Crippen LogP contribution >= 0.6 is 11.3 Å². The number of nitriles is 1. The SMILES string of the molecule is CN(C)c1nc(N)nc(C(C#N)=Cc2ccsc2)n1. The van der Waals surface area contributed by atoms with E-state index in [0.717, 1.165) is 5.56 Å². The third-order valence-corrected chi connectivity index (χ3v) is 2.96. The highest BCUT2D eigenvalue weighted by Gasteiger charge is 2.10. The quantitative estimate of drug-likeness (QED) is 0.854. The molecule has 0 bridgehead atoms. The van der Waals surface area contributed by atoms with E-state index in [1.54, 1.807) is 36.4 Å². The minimum absolute atomic E-state index is 0.0974. The molecule has 0 atom stereocenters. The molecule has 6 nitrogen and oxygen atoms in total. The number of allylic oxidation sites excluding steroid dienone is 1. The molecule has 2 N–H and O–H groups in total. The van der Waals surface area contributed by atoms with Crippen molar-refractivity contribution in [3.05, 3.63) is 28.2 Å². The monoisotopic (exact) mass is 272 g/mol. The number of nitrogens with two attached hydrogens (primary N) is 1. The fourth-order valence-corrected chi connectivity index (χ4v) is 1.99. The molecule has 96 valence electrons. The lowest BCUT2D eigenvalue weighted by Gasteiger charge is -2.10. The molecule has 0 aliphatic carbocycles. The summed E-state index contributed by atoms with van der Waals surface area (Å²) in [6.45, 7) is 0. The van der Waals surface area contributed by atoms with E-state index < -0.39 is 0 Å². The molecule has 0 unspecified atom stereocenters. The van der Waals surface area contributed by atoms with Crippen LogP contribution in [0.15, 0.2) is 16.8 Å². The van der Waals surface area contributed by atoms with Crippen LogP contribution in [0.2, 0.25) is 0 Å². The summed E-state index contributed by atoms with van der Waals surface area (Å²) in [6.07, 6.45) is 1.73. The number of thiophene rings is 1. The highest BCUT2D eigenvalue weighted by atomic mass is 32.1. The lowest BCUT2D eigenvalue weighted by molar-refractivity contribution is 0.952. The maximum absolute atomic E-state index is 9.23.